The Morgan fingerprint density at radius 3 is 2.83 bits per heavy atom. The predicted octanol–water partition coefficient (Wildman–Crippen LogP) is 2.29. The van der Waals surface area contributed by atoms with E-state index in [1.54, 1.807) is 42.7 Å². The van der Waals surface area contributed by atoms with Gasteiger partial charge in [-0.05, 0) is 31.2 Å². The molecule has 5 nitrogen and oxygen atoms in total. The summed E-state index contributed by atoms with van der Waals surface area (Å²) >= 11 is 0. The standard InChI is InChI=1S/C18H18N2O3/c1-2-22-17-10-4-3-9-16(17)18(21)20-12-5-6-13-23-15-8-7-11-19-14-15/h3-4,7-11,14H,2,12-13H2,1H3,(H,20,21). The molecule has 0 unspecified atom stereocenters. The minimum absolute atomic E-state index is 0.212. The number of nitrogens with one attached hydrogen (secondary N) is 1. The largest absolute Gasteiger partial charge is 0.493 e. The second kappa shape index (κ2) is 9.11. The van der Waals surface area contributed by atoms with Gasteiger partial charge in [-0.1, -0.05) is 24.0 Å². The second-order valence-corrected chi connectivity index (χ2v) is 4.44. The number of nitrogens with zero attached hydrogens (tertiary/aromatic N) is 1. The maximum Gasteiger partial charge on any atom is 0.255 e. The van der Waals surface area contributed by atoms with Crippen LogP contribution in [0.15, 0.2) is 48.8 Å². The van der Waals surface area contributed by atoms with Crippen LogP contribution in [-0.4, -0.2) is 30.6 Å². The Hall–Kier alpha value is -3.00. The molecule has 2 rings (SSSR count). The molecule has 0 aliphatic rings. The summed E-state index contributed by atoms with van der Waals surface area (Å²) in [6.45, 7) is 2.88. The zero-order chi connectivity index (χ0) is 16.3. The quantitative estimate of drug-likeness (QED) is 0.832. The van der Waals surface area contributed by atoms with Gasteiger partial charge in [0.15, 0.2) is 0 Å². The lowest BCUT2D eigenvalue weighted by atomic mass is 10.2. The van der Waals surface area contributed by atoms with Crippen molar-refractivity contribution < 1.29 is 14.3 Å². The van der Waals surface area contributed by atoms with E-state index in [4.69, 9.17) is 9.47 Å². The Morgan fingerprint density at radius 2 is 2.04 bits per heavy atom. The van der Waals surface area contributed by atoms with Crippen LogP contribution in [0.25, 0.3) is 0 Å². The molecule has 0 saturated heterocycles. The van der Waals surface area contributed by atoms with Crippen LogP contribution in [0.4, 0.5) is 0 Å². The summed E-state index contributed by atoms with van der Waals surface area (Å²) in [4.78, 5) is 16.0. The van der Waals surface area contributed by atoms with E-state index in [0.717, 1.165) is 0 Å². The molecule has 1 heterocycles. The minimum atomic E-state index is -0.212. The van der Waals surface area contributed by atoms with Crippen molar-refractivity contribution in [2.24, 2.45) is 0 Å². The van der Waals surface area contributed by atoms with Crippen molar-refractivity contribution in [1.82, 2.24) is 10.3 Å². The SMILES string of the molecule is CCOc1ccccc1C(=O)NCC#CCOc1cccnc1. The third kappa shape index (κ3) is 5.36. The highest BCUT2D eigenvalue weighted by molar-refractivity contribution is 5.97. The molecule has 1 amide bonds. The first kappa shape index (κ1) is 16.4. The molecule has 0 saturated carbocycles. The highest BCUT2D eigenvalue weighted by atomic mass is 16.5. The molecule has 0 radical (unpaired) electrons. The molecule has 0 spiro atoms. The van der Waals surface area contributed by atoms with Crippen molar-refractivity contribution >= 4 is 5.91 Å². The Labute approximate surface area is 135 Å². The molecule has 2 aromatic rings. The second-order valence-electron chi connectivity index (χ2n) is 4.44. The van der Waals surface area contributed by atoms with E-state index >= 15 is 0 Å². The fraction of sp³-hybridized carbons (Fsp3) is 0.222. The Morgan fingerprint density at radius 1 is 1.17 bits per heavy atom. The van der Waals surface area contributed by atoms with E-state index < -0.39 is 0 Å². The summed E-state index contributed by atoms with van der Waals surface area (Å²) in [5, 5.41) is 2.74. The third-order valence-electron chi connectivity index (χ3n) is 2.84. The van der Waals surface area contributed by atoms with Crippen LogP contribution in [0, 0.1) is 11.8 Å². The first-order chi connectivity index (χ1) is 11.3. The highest BCUT2D eigenvalue weighted by Crippen LogP contribution is 2.17. The lowest BCUT2D eigenvalue weighted by Crippen LogP contribution is -2.24. The number of carbonyl (C=O) groups excluding carboxylic acids is 1. The van der Waals surface area contributed by atoms with Crippen LogP contribution < -0.4 is 14.8 Å². The molecule has 5 heteroatoms. The van der Waals surface area contributed by atoms with Crippen molar-refractivity contribution in [2.75, 3.05) is 19.8 Å². The van der Waals surface area contributed by atoms with Crippen LogP contribution in [0.2, 0.25) is 0 Å². The molecular formula is C18H18N2O3. The summed E-state index contributed by atoms with van der Waals surface area (Å²) in [6, 6.07) is 10.7. The van der Waals surface area contributed by atoms with E-state index in [2.05, 4.69) is 22.1 Å². The van der Waals surface area contributed by atoms with Gasteiger partial charge in [0.25, 0.3) is 5.91 Å². The van der Waals surface area contributed by atoms with Crippen LogP contribution in [0.3, 0.4) is 0 Å². The average Bonchev–Trinajstić information content (AvgIpc) is 2.59. The van der Waals surface area contributed by atoms with Gasteiger partial charge < -0.3 is 14.8 Å². The first-order valence-corrected chi connectivity index (χ1v) is 7.30. The number of hydrogen-bond donors (Lipinski definition) is 1. The Kier molecular flexibility index (Phi) is 6.48. The van der Waals surface area contributed by atoms with Gasteiger partial charge in [-0.15, -0.1) is 0 Å². The summed E-state index contributed by atoms with van der Waals surface area (Å²) in [5.41, 5.74) is 0.503. The van der Waals surface area contributed by atoms with Gasteiger partial charge >= 0.3 is 0 Å². The van der Waals surface area contributed by atoms with Crippen molar-refractivity contribution in [3.8, 4) is 23.3 Å². The normalized spacial score (nSPS) is 9.43. The lowest BCUT2D eigenvalue weighted by Gasteiger charge is -2.08. The first-order valence-electron chi connectivity index (χ1n) is 7.30. The van der Waals surface area contributed by atoms with Crippen molar-refractivity contribution in [2.45, 2.75) is 6.92 Å². The molecular weight excluding hydrogens is 292 g/mol. The monoisotopic (exact) mass is 310 g/mol. The van der Waals surface area contributed by atoms with Gasteiger partial charge in [-0.3, -0.25) is 9.78 Å². The summed E-state index contributed by atoms with van der Waals surface area (Å²) in [5.74, 6) is 6.70. The van der Waals surface area contributed by atoms with Crippen LogP contribution in [0.5, 0.6) is 11.5 Å². The predicted molar refractivity (Wildman–Crippen MR) is 87.5 cm³/mol. The molecule has 0 atom stereocenters. The van der Waals surface area contributed by atoms with E-state index in [1.165, 1.54) is 0 Å². The number of rotatable bonds is 6. The van der Waals surface area contributed by atoms with Gasteiger partial charge in [0.2, 0.25) is 0 Å². The van der Waals surface area contributed by atoms with Crippen molar-refractivity contribution in [3.63, 3.8) is 0 Å². The fourth-order valence-electron chi connectivity index (χ4n) is 1.82. The Bertz CT molecular complexity index is 690. The van der Waals surface area contributed by atoms with E-state index in [1.807, 2.05) is 13.0 Å². The van der Waals surface area contributed by atoms with Crippen LogP contribution >= 0.6 is 0 Å². The van der Waals surface area contributed by atoms with Gasteiger partial charge in [-0.2, -0.15) is 0 Å². The molecule has 0 aliphatic heterocycles. The highest BCUT2D eigenvalue weighted by Gasteiger charge is 2.10. The molecule has 23 heavy (non-hydrogen) atoms. The molecule has 0 aliphatic carbocycles. The van der Waals surface area contributed by atoms with Crippen LogP contribution in [0.1, 0.15) is 17.3 Å². The number of aromatic nitrogens is 1. The molecule has 1 N–H and O–H groups in total. The number of para-hydroxylation sites is 1. The number of ether oxygens (including phenoxy) is 2. The van der Waals surface area contributed by atoms with Crippen LogP contribution in [-0.2, 0) is 0 Å². The van der Waals surface area contributed by atoms with Gasteiger partial charge in [-0.25, -0.2) is 0 Å². The Balaban J connectivity index is 1.78. The van der Waals surface area contributed by atoms with Gasteiger partial charge in [0.05, 0.1) is 24.9 Å². The number of pyridine rings is 1. The summed E-state index contributed by atoms with van der Waals surface area (Å²) < 4.78 is 10.8. The number of carbonyl (C=O) groups is 1. The molecule has 1 aromatic carbocycles. The number of benzene rings is 1. The van der Waals surface area contributed by atoms with E-state index in [0.29, 0.717) is 23.7 Å². The van der Waals surface area contributed by atoms with Gasteiger partial charge in [0, 0.05) is 6.20 Å². The maximum absolute atomic E-state index is 12.1. The lowest BCUT2D eigenvalue weighted by molar-refractivity contribution is 0.0955. The topological polar surface area (TPSA) is 60.5 Å². The average molecular weight is 310 g/mol. The van der Waals surface area contributed by atoms with Gasteiger partial charge in [0.1, 0.15) is 18.1 Å². The van der Waals surface area contributed by atoms with E-state index in [9.17, 15) is 4.79 Å². The zero-order valence-electron chi connectivity index (χ0n) is 12.9. The summed E-state index contributed by atoms with van der Waals surface area (Å²) in [6.07, 6.45) is 3.29. The number of amides is 1. The molecule has 0 bridgehead atoms. The molecule has 118 valence electrons. The third-order valence-corrected chi connectivity index (χ3v) is 2.84. The fourth-order valence-corrected chi connectivity index (χ4v) is 1.82. The minimum Gasteiger partial charge on any atom is -0.493 e. The smallest absolute Gasteiger partial charge is 0.255 e. The molecule has 1 aromatic heterocycles. The van der Waals surface area contributed by atoms with Crippen molar-refractivity contribution in [3.05, 3.63) is 54.4 Å². The van der Waals surface area contributed by atoms with Crippen molar-refractivity contribution in [1.29, 1.82) is 0 Å². The summed E-state index contributed by atoms with van der Waals surface area (Å²) in [7, 11) is 0. The maximum atomic E-state index is 12.1. The van der Waals surface area contributed by atoms with E-state index in [-0.39, 0.29) is 19.1 Å². The zero-order valence-corrected chi connectivity index (χ0v) is 12.9. The molecule has 0 fully saturated rings. The number of hydrogen-bond acceptors (Lipinski definition) is 4.